The van der Waals surface area contributed by atoms with Crippen LogP contribution in [-0.4, -0.2) is 20.7 Å². The lowest BCUT2D eigenvalue weighted by Gasteiger charge is -2.01. The van der Waals surface area contributed by atoms with E-state index in [-0.39, 0.29) is 0 Å². The molecule has 0 rings (SSSR count). The van der Waals surface area contributed by atoms with Crippen molar-refractivity contribution >= 4 is 9.28 Å². The molecular weight excluding hydrogens is 120 g/mol. The van der Waals surface area contributed by atoms with Gasteiger partial charge in [-0.15, -0.1) is 0 Å². The van der Waals surface area contributed by atoms with Crippen molar-refractivity contribution in [1.29, 1.82) is 0 Å². The molecule has 0 aliphatic carbocycles. The van der Waals surface area contributed by atoms with E-state index >= 15 is 0 Å². The van der Waals surface area contributed by atoms with Crippen LogP contribution in [0.1, 0.15) is 19.8 Å². The van der Waals surface area contributed by atoms with E-state index in [2.05, 4.69) is 6.92 Å². The Bertz CT molecular complexity index is 47.7. The lowest BCUT2D eigenvalue weighted by molar-refractivity contribution is 0.259. The van der Waals surface area contributed by atoms with Crippen molar-refractivity contribution in [2.75, 3.05) is 6.61 Å². The zero-order valence-electron chi connectivity index (χ0n) is 5.55. The molecule has 2 nitrogen and oxygen atoms in total. The summed E-state index contributed by atoms with van der Waals surface area (Å²) in [6.07, 6.45) is 2.21. The van der Waals surface area contributed by atoms with Gasteiger partial charge in [-0.25, -0.2) is 0 Å². The molecule has 0 aliphatic rings. The predicted molar refractivity (Wildman–Crippen MR) is 36.1 cm³/mol. The zero-order chi connectivity index (χ0) is 6.41. The highest BCUT2D eigenvalue weighted by molar-refractivity contribution is 6.40. The molecule has 0 radical (unpaired) electrons. The van der Waals surface area contributed by atoms with Gasteiger partial charge in [-0.2, -0.15) is 0 Å². The third-order valence-electron chi connectivity index (χ3n) is 0.857. The Hall–Kier alpha value is 0.137. The highest BCUT2D eigenvalue weighted by Gasteiger charge is 1.94. The van der Waals surface area contributed by atoms with Crippen LogP contribution in [0.5, 0.6) is 0 Å². The molecule has 0 bridgehead atoms. The molecule has 0 fully saturated rings. The molecule has 0 aromatic carbocycles. The molecule has 1 unspecified atom stereocenters. The molecule has 0 heterocycles. The second kappa shape index (κ2) is 5.28. The van der Waals surface area contributed by atoms with E-state index in [0.717, 1.165) is 19.4 Å². The number of rotatable bonds is 4. The molecule has 0 amide bonds. The van der Waals surface area contributed by atoms with E-state index in [1.807, 2.05) is 0 Å². The summed E-state index contributed by atoms with van der Waals surface area (Å²) in [6.45, 7) is 4.60. The quantitative estimate of drug-likeness (QED) is 0.452. The van der Waals surface area contributed by atoms with Crippen LogP contribution in [0, 0.1) is 0 Å². The van der Waals surface area contributed by atoms with Crippen molar-refractivity contribution in [3.8, 4) is 0 Å². The van der Waals surface area contributed by atoms with E-state index in [4.69, 9.17) is 9.22 Å². The maximum atomic E-state index is 8.70. The molecule has 50 valence electrons. The molecule has 0 spiro atoms. The standard InChI is InChI=1S/C5H14O2Si/c1-3-4-5-7-8(2)6/h6,8H,3-5H2,1-2H3. The minimum atomic E-state index is -1.70. The third-order valence-corrected chi connectivity index (χ3v) is 1.58. The number of hydrogen-bond acceptors (Lipinski definition) is 2. The normalized spacial score (nSPS) is 13.9. The molecule has 1 N–H and O–H groups in total. The molecule has 8 heavy (non-hydrogen) atoms. The second-order valence-electron chi connectivity index (χ2n) is 1.82. The first-order valence-corrected chi connectivity index (χ1v) is 5.21. The zero-order valence-corrected chi connectivity index (χ0v) is 6.71. The Morgan fingerprint density at radius 2 is 2.25 bits per heavy atom. The summed E-state index contributed by atoms with van der Waals surface area (Å²) >= 11 is 0. The second-order valence-corrected chi connectivity index (χ2v) is 3.36. The average molecular weight is 134 g/mol. The largest absolute Gasteiger partial charge is 0.413 e. The van der Waals surface area contributed by atoms with Gasteiger partial charge >= 0.3 is 9.28 Å². The summed E-state index contributed by atoms with van der Waals surface area (Å²) in [6, 6.07) is 0. The molecular formula is C5H14O2Si. The van der Waals surface area contributed by atoms with Crippen molar-refractivity contribution in [3.63, 3.8) is 0 Å². The summed E-state index contributed by atoms with van der Waals surface area (Å²) in [5.74, 6) is 0. The summed E-state index contributed by atoms with van der Waals surface area (Å²) in [7, 11) is -1.70. The van der Waals surface area contributed by atoms with Crippen LogP contribution in [0.25, 0.3) is 0 Å². The van der Waals surface area contributed by atoms with E-state index < -0.39 is 9.28 Å². The van der Waals surface area contributed by atoms with Crippen LogP contribution in [0.3, 0.4) is 0 Å². The Labute approximate surface area is 52.3 Å². The number of unbranched alkanes of at least 4 members (excludes halogenated alkanes) is 1. The smallest absolute Gasteiger partial charge is 0.315 e. The third kappa shape index (κ3) is 6.14. The molecule has 1 atom stereocenters. The van der Waals surface area contributed by atoms with Crippen LogP contribution >= 0.6 is 0 Å². The van der Waals surface area contributed by atoms with Gasteiger partial charge in [0.15, 0.2) is 0 Å². The van der Waals surface area contributed by atoms with Crippen molar-refractivity contribution in [2.24, 2.45) is 0 Å². The van der Waals surface area contributed by atoms with Crippen molar-refractivity contribution in [2.45, 2.75) is 26.3 Å². The fraction of sp³-hybridized carbons (Fsp3) is 1.00. The predicted octanol–water partition coefficient (Wildman–Crippen LogP) is 0.646. The molecule has 0 aromatic heterocycles. The summed E-state index contributed by atoms with van der Waals surface area (Å²) in [5, 5.41) is 0. The van der Waals surface area contributed by atoms with Gasteiger partial charge in [0.1, 0.15) is 0 Å². The maximum Gasteiger partial charge on any atom is 0.315 e. The van der Waals surface area contributed by atoms with Crippen LogP contribution in [0.4, 0.5) is 0 Å². The molecule has 0 aliphatic heterocycles. The van der Waals surface area contributed by atoms with Gasteiger partial charge in [0.05, 0.1) is 0 Å². The van der Waals surface area contributed by atoms with Gasteiger partial charge in [0, 0.05) is 6.61 Å². The van der Waals surface area contributed by atoms with Gasteiger partial charge in [-0.1, -0.05) is 13.3 Å². The minimum absolute atomic E-state index is 0.736. The fourth-order valence-corrected chi connectivity index (χ4v) is 0.906. The van der Waals surface area contributed by atoms with Gasteiger partial charge in [-0.3, -0.25) is 0 Å². The minimum Gasteiger partial charge on any atom is -0.413 e. The van der Waals surface area contributed by atoms with E-state index in [9.17, 15) is 0 Å². The van der Waals surface area contributed by atoms with Gasteiger partial charge in [-0.05, 0) is 13.0 Å². The Balaban J connectivity index is 2.72. The monoisotopic (exact) mass is 134 g/mol. The summed E-state index contributed by atoms with van der Waals surface area (Å²) in [5.41, 5.74) is 0. The van der Waals surface area contributed by atoms with Crippen LogP contribution in [0.2, 0.25) is 6.55 Å². The Morgan fingerprint density at radius 3 is 2.62 bits per heavy atom. The Kier molecular flexibility index (Phi) is 5.37. The molecule has 0 saturated carbocycles. The summed E-state index contributed by atoms with van der Waals surface area (Å²) in [4.78, 5) is 8.70. The fourth-order valence-electron chi connectivity index (χ4n) is 0.398. The summed E-state index contributed by atoms with van der Waals surface area (Å²) < 4.78 is 4.98. The SMILES string of the molecule is CCCCO[SiH](C)O. The van der Waals surface area contributed by atoms with Crippen molar-refractivity contribution in [3.05, 3.63) is 0 Å². The highest BCUT2D eigenvalue weighted by Crippen LogP contribution is 1.88. The van der Waals surface area contributed by atoms with Crippen LogP contribution in [0.15, 0.2) is 0 Å². The van der Waals surface area contributed by atoms with E-state index in [1.54, 1.807) is 6.55 Å². The van der Waals surface area contributed by atoms with Crippen molar-refractivity contribution < 1.29 is 9.22 Å². The van der Waals surface area contributed by atoms with Gasteiger partial charge < -0.3 is 9.22 Å². The highest BCUT2D eigenvalue weighted by atomic mass is 28.3. The topological polar surface area (TPSA) is 29.5 Å². The van der Waals surface area contributed by atoms with E-state index in [1.165, 1.54) is 0 Å². The van der Waals surface area contributed by atoms with Gasteiger partial charge in [0.25, 0.3) is 0 Å². The van der Waals surface area contributed by atoms with Crippen LogP contribution in [-0.2, 0) is 4.43 Å². The van der Waals surface area contributed by atoms with Crippen molar-refractivity contribution in [1.82, 2.24) is 0 Å². The first kappa shape index (κ1) is 8.14. The lowest BCUT2D eigenvalue weighted by Crippen LogP contribution is -2.12. The maximum absolute atomic E-state index is 8.70. The lowest BCUT2D eigenvalue weighted by atomic mass is 10.4. The van der Waals surface area contributed by atoms with Crippen LogP contribution < -0.4 is 0 Å². The average Bonchev–Trinajstić information content (AvgIpc) is 1.66. The molecule has 3 heteroatoms. The Morgan fingerprint density at radius 1 is 1.62 bits per heavy atom. The van der Waals surface area contributed by atoms with Gasteiger partial charge in [0.2, 0.25) is 0 Å². The molecule has 0 aromatic rings. The van der Waals surface area contributed by atoms with E-state index in [0.29, 0.717) is 0 Å². The number of hydrogen-bond donors (Lipinski definition) is 1. The first-order valence-electron chi connectivity index (χ1n) is 3.07. The molecule has 0 saturated heterocycles. The first-order chi connectivity index (χ1) is 3.77.